The highest BCUT2D eigenvalue weighted by atomic mass is 16.6. The number of carbonyl (C=O) groups is 3. The van der Waals surface area contributed by atoms with Crippen molar-refractivity contribution in [3.8, 4) is 11.5 Å². The third-order valence-corrected chi connectivity index (χ3v) is 6.00. The molecular formula is C23H27N3O5. The summed E-state index contributed by atoms with van der Waals surface area (Å²) in [6.45, 7) is 10.1. The average molecular weight is 425 g/mol. The lowest BCUT2D eigenvalue weighted by Crippen LogP contribution is -2.41. The fourth-order valence-corrected chi connectivity index (χ4v) is 4.47. The van der Waals surface area contributed by atoms with Crippen LogP contribution >= 0.6 is 0 Å². The van der Waals surface area contributed by atoms with E-state index in [4.69, 9.17) is 9.47 Å². The van der Waals surface area contributed by atoms with Gasteiger partial charge in [0.15, 0.2) is 17.3 Å². The van der Waals surface area contributed by atoms with Crippen molar-refractivity contribution >= 4 is 17.7 Å². The van der Waals surface area contributed by atoms with Crippen LogP contribution in [0, 0.1) is 13.8 Å². The van der Waals surface area contributed by atoms with Gasteiger partial charge in [0.25, 0.3) is 5.91 Å². The van der Waals surface area contributed by atoms with Gasteiger partial charge in [0, 0.05) is 23.0 Å². The summed E-state index contributed by atoms with van der Waals surface area (Å²) in [6, 6.07) is 6.59. The molecule has 0 unspecified atom stereocenters. The SMILES string of the molecule is Cc1cc(C(=O)CN2C(=O)N[C@](C)(c3ccc4c(c3)OCCO4)C2=O)c(C)n1C(C)C. The largest absolute Gasteiger partial charge is 0.486 e. The van der Waals surface area contributed by atoms with Crippen LogP contribution in [0.15, 0.2) is 24.3 Å². The van der Waals surface area contributed by atoms with Crippen LogP contribution in [0.25, 0.3) is 0 Å². The maximum atomic E-state index is 13.3. The van der Waals surface area contributed by atoms with Crippen molar-refractivity contribution in [1.29, 1.82) is 0 Å². The molecule has 2 aliphatic rings. The number of ether oxygens (including phenoxy) is 2. The van der Waals surface area contributed by atoms with Crippen LogP contribution in [-0.4, -0.2) is 46.9 Å². The van der Waals surface area contributed by atoms with Gasteiger partial charge in [0.05, 0.1) is 6.54 Å². The molecule has 0 saturated carbocycles. The second-order valence-corrected chi connectivity index (χ2v) is 8.48. The first kappa shape index (κ1) is 21.0. The average Bonchev–Trinajstić information content (AvgIpc) is 3.15. The van der Waals surface area contributed by atoms with Crippen molar-refractivity contribution in [3.63, 3.8) is 0 Å². The number of ketones is 1. The molecule has 1 atom stereocenters. The molecular weight excluding hydrogens is 398 g/mol. The summed E-state index contributed by atoms with van der Waals surface area (Å²) in [5, 5.41) is 2.74. The van der Waals surface area contributed by atoms with E-state index in [1.165, 1.54) is 0 Å². The highest BCUT2D eigenvalue weighted by Crippen LogP contribution is 2.37. The van der Waals surface area contributed by atoms with Crippen LogP contribution in [0.5, 0.6) is 11.5 Å². The van der Waals surface area contributed by atoms with Gasteiger partial charge in [0.2, 0.25) is 0 Å². The number of benzene rings is 1. The van der Waals surface area contributed by atoms with Crippen molar-refractivity contribution < 1.29 is 23.9 Å². The van der Waals surface area contributed by atoms with Crippen molar-refractivity contribution in [3.05, 3.63) is 46.8 Å². The molecule has 0 bridgehead atoms. The molecule has 3 heterocycles. The van der Waals surface area contributed by atoms with E-state index < -0.39 is 17.5 Å². The van der Waals surface area contributed by atoms with E-state index in [1.807, 2.05) is 33.8 Å². The molecule has 1 N–H and O–H groups in total. The smallest absolute Gasteiger partial charge is 0.325 e. The van der Waals surface area contributed by atoms with E-state index in [0.717, 1.165) is 16.3 Å². The highest BCUT2D eigenvalue weighted by molar-refractivity contribution is 6.11. The summed E-state index contributed by atoms with van der Waals surface area (Å²) in [6.07, 6.45) is 0. The monoisotopic (exact) mass is 425 g/mol. The number of fused-ring (bicyclic) bond motifs is 1. The molecule has 1 aromatic heterocycles. The number of nitrogens with zero attached hydrogens (tertiary/aromatic N) is 2. The Hall–Kier alpha value is -3.29. The Labute approximate surface area is 181 Å². The number of aryl methyl sites for hydroxylation is 1. The first-order valence-corrected chi connectivity index (χ1v) is 10.4. The Kier molecular flexibility index (Phi) is 5.03. The molecule has 8 heteroatoms. The zero-order valence-electron chi connectivity index (χ0n) is 18.4. The summed E-state index contributed by atoms with van der Waals surface area (Å²) in [7, 11) is 0. The number of imide groups is 1. The summed E-state index contributed by atoms with van der Waals surface area (Å²) < 4.78 is 13.2. The molecule has 2 aliphatic heterocycles. The topological polar surface area (TPSA) is 89.9 Å². The van der Waals surface area contributed by atoms with Crippen molar-refractivity contribution in [2.75, 3.05) is 19.8 Å². The number of hydrogen-bond donors (Lipinski definition) is 1. The Bertz CT molecular complexity index is 1090. The molecule has 1 aromatic carbocycles. The molecule has 164 valence electrons. The minimum absolute atomic E-state index is 0.205. The van der Waals surface area contributed by atoms with Gasteiger partial charge in [-0.25, -0.2) is 4.79 Å². The molecule has 0 spiro atoms. The standard InChI is InChI=1S/C23H27N3O5/c1-13(2)26-14(3)10-17(15(26)4)18(27)12-25-21(28)23(5,24-22(25)29)16-6-7-19-20(11-16)31-9-8-30-19/h6-7,10-11,13H,8-9,12H2,1-5H3,(H,24,29)/t23-/m1/s1. The van der Waals surface area contributed by atoms with Gasteiger partial charge < -0.3 is 19.4 Å². The second kappa shape index (κ2) is 7.44. The maximum absolute atomic E-state index is 13.3. The molecule has 4 rings (SSSR count). The minimum Gasteiger partial charge on any atom is -0.486 e. The number of urea groups is 1. The Morgan fingerprint density at radius 1 is 1.13 bits per heavy atom. The lowest BCUT2D eigenvalue weighted by molar-refractivity contribution is -0.130. The first-order valence-electron chi connectivity index (χ1n) is 10.4. The number of rotatable bonds is 5. The Morgan fingerprint density at radius 3 is 2.45 bits per heavy atom. The van der Waals surface area contributed by atoms with E-state index >= 15 is 0 Å². The van der Waals surface area contributed by atoms with Crippen molar-refractivity contribution in [2.24, 2.45) is 0 Å². The fraction of sp³-hybridized carbons (Fsp3) is 0.435. The second-order valence-electron chi connectivity index (χ2n) is 8.48. The van der Waals surface area contributed by atoms with Gasteiger partial charge in [-0.2, -0.15) is 0 Å². The number of Topliss-reactive ketones (excluding diaryl/α,β-unsaturated/α-hetero) is 1. The van der Waals surface area contributed by atoms with Gasteiger partial charge in [-0.05, 0) is 58.4 Å². The number of amides is 3. The van der Waals surface area contributed by atoms with Gasteiger partial charge in [0.1, 0.15) is 18.8 Å². The van der Waals surface area contributed by atoms with Crippen LogP contribution in [0.3, 0.4) is 0 Å². The van der Waals surface area contributed by atoms with Gasteiger partial charge in [-0.15, -0.1) is 0 Å². The first-order chi connectivity index (χ1) is 14.6. The Balaban J connectivity index is 1.59. The van der Waals surface area contributed by atoms with Crippen LogP contribution in [0.4, 0.5) is 4.79 Å². The van der Waals surface area contributed by atoms with E-state index in [-0.39, 0.29) is 18.4 Å². The van der Waals surface area contributed by atoms with Crippen LogP contribution < -0.4 is 14.8 Å². The quantitative estimate of drug-likeness (QED) is 0.587. The fourth-order valence-electron chi connectivity index (χ4n) is 4.47. The third kappa shape index (κ3) is 3.36. The van der Waals surface area contributed by atoms with Gasteiger partial charge in [-0.3, -0.25) is 14.5 Å². The van der Waals surface area contributed by atoms with E-state index in [1.54, 1.807) is 25.1 Å². The van der Waals surface area contributed by atoms with Crippen LogP contribution in [0.2, 0.25) is 0 Å². The molecule has 31 heavy (non-hydrogen) atoms. The number of carbonyl (C=O) groups excluding carboxylic acids is 3. The molecule has 0 radical (unpaired) electrons. The van der Waals surface area contributed by atoms with Gasteiger partial charge in [-0.1, -0.05) is 6.07 Å². The lowest BCUT2D eigenvalue weighted by Gasteiger charge is -2.25. The predicted molar refractivity (Wildman–Crippen MR) is 114 cm³/mol. The van der Waals surface area contributed by atoms with Gasteiger partial charge >= 0.3 is 6.03 Å². The predicted octanol–water partition coefficient (Wildman–Crippen LogP) is 3.11. The van der Waals surface area contributed by atoms with Crippen LogP contribution in [0.1, 0.15) is 54.1 Å². The van der Waals surface area contributed by atoms with E-state index in [2.05, 4.69) is 9.88 Å². The Morgan fingerprint density at radius 2 is 1.81 bits per heavy atom. The van der Waals surface area contributed by atoms with Crippen molar-refractivity contribution in [2.45, 2.75) is 46.2 Å². The van der Waals surface area contributed by atoms with E-state index in [9.17, 15) is 14.4 Å². The molecule has 3 amide bonds. The summed E-state index contributed by atoms with van der Waals surface area (Å²) in [5.41, 5.74) is 1.61. The summed E-state index contributed by atoms with van der Waals surface area (Å²) in [5.74, 6) is 0.390. The van der Waals surface area contributed by atoms with Crippen molar-refractivity contribution in [1.82, 2.24) is 14.8 Å². The summed E-state index contributed by atoms with van der Waals surface area (Å²) >= 11 is 0. The lowest BCUT2D eigenvalue weighted by atomic mass is 9.91. The maximum Gasteiger partial charge on any atom is 0.325 e. The third-order valence-electron chi connectivity index (χ3n) is 6.00. The molecule has 1 saturated heterocycles. The molecule has 2 aromatic rings. The number of hydrogen-bond acceptors (Lipinski definition) is 5. The minimum atomic E-state index is -1.29. The normalized spacial score (nSPS) is 20.4. The van der Waals surface area contributed by atoms with E-state index in [0.29, 0.717) is 35.8 Å². The number of aromatic nitrogens is 1. The zero-order valence-corrected chi connectivity index (χ0v) is 18.4. The molecule has 8 nitrogen and oxygen atoms in total. The molecule has 1 fully saturated rings. The summed E-state index contributed by atoms with van der Waals surface area (Å²) in [4.78, 5) is 39.9. The molecule has 0 aliphatic carbocycles. The zero-order chi connectivity index (χ0) is 22.5. The highest BCUT2D eigenvalue weighted by Gasteiger charge is 2.50. The number of nitrogens with one attached hydrogen (secondary N) is 1. The van der Waals surface area contributed by atoms with Crippen LogP contribution in [-0.2, 0) is 10.3 Å².